The number of benzene rings is 1. The van der Waals surface area contributed by atoms with Crippen LogP contribution in [0.2, 0.25) is 0 Å². The third-order valence-corrected chi connectivity index (χ3v) is 3.99. The van der Waals surface area contributed by atoms with Gasteiger partial charge in [0.15, 0.2) is 0 Å². The quantitative estimate of drug-likeness (QED) is 0.842. The lowest BCUT2D eigenvalue weighted by Crippen LogP contribution is -2.33. The van der Waals surface area contributed by atoms with Gasteiger partial charge in [0.05, 0.1) is 5.52 Å². The number of hydrogen-bond acceptors (Lipinski definition) is 3. The summed E-state index contributed by atoms with van der Waals surface area (Å²) in [4.78, 5) is 24.7. The third-order valence-electron chi connectivity index (χ3n) is 3.99. The molecule has 1 aliphatic rings. The van der Waals surface area contributed by atoms with E-state index in [0.29, 0.717) is 18.5 Å². The van der Waals surface area contributed by atoms with E-state index < -0.39 is 11.5 Å². The molecule has 2 heterocycles. The van der Waals surface area contributed by atoms with Crippen molar-refractivity contribution in [2.75, 3.05) is 6.54 Å². The van der Waals surface area contributed by atoms with Crippen LogP contribution in [0.25, 0.3) is 10.9 Å². The van der Waals surface area contributed by atoms with Crippen molar-refractivity contribution in [1.29, 1.82) is 0 Å². The molecule has 1 aliphatic heterocycles. The molecule has 0 aliphatic carbocycles. The summed E-state index contributed by atoms with van der Waals surface area (Å²) in [5.74, 6) is -0.696. The number of rotatable bonds is 4. The van der Waals surface area contributed by atoms with E-state index in [9.17, 15) is 14.7 Å². The standard InChI is InChI=1S/C16H18N2O3/c1-2-3-8-17-15(20)12-14(19)11-6-4-5-10-7-9-18(13(10)11)16(12)21/h4-6,19H,2-3,7-9H2,1H3,(H,17,20). The molecule has 0 bridgehead atoms. The molecule has 5 nitrogen and oxygen atoms in total. The van der Waals surface area contributed by atoms with E-state index in [1.54, 1.807) is 10.6 Å². The molecule has 3 rings (SSSR count). The van der Waals surface area contributed by atoms with E-state index in [2.05, 4.69) is 5.32 Å². The summed E-state index contributed by atoms with van der Waals surface area (Å²) >= 11 is 0. The lowest BCUT2D eigenvalue weighted by atomic mass is 10.1. The molecule has 0 fully saturated rings. The summed E-state index contributed by atoms with van der Waals surface area (Å²) in [6, 6.07) is 5.54. The molecule has 1 aromatic heterocycles. The van der Waals surface area contributed by atoms with E-state index in [1.807, 2.05) is 19.1 Å². The van der Waals surface area contributed by atoms with Crippen LogP contribution in [-0.2, 0) is 13.0 Å². The maximum atomic E-state index is 12.5. The number of para-hydroxylation sites is 1. The lowest BCUT2D eigenvalue weighted by Gasteiger charge is -2.11. The topological polar surface area (TPSA) is 71.3 Å². The second-order valence-corrected chi connectivity index (χ2v) is 5.35. The first kappa shape index (κ1) is 13.7. The van der Waals surface area contributed by atoms with Crippen molar-refractivity contribution in [3.8, 4) is 5.75 Å². The Balaban J connectivity index is 2.13. The first-order valence-corrected chi connectivity index (χ1v) is 7.30. The Morgan fingerprint density at radius 1 is 1.43 bits per heavy atom. The van der Waals surface area contributed by atoms with Gasteiger partial charge in [-0.05, 0) is 24.5 Å². The maximum Gasteiger partial charge on any atom is 0.267 e. The van der Waals surface area contributed by atoms with E-state index in [-0.39, 0.29) is 11.3 Å². The van der Waals surface area contributed by atoms with Crippen LogP contribution in [0, 0.1) is 0 Å². The lowest BCUT2D eigenvalue weighted by molar-refractivity contribution is 0.0948. The molecule has 0 unspecified atom stereocenters. The molecule has 0 saturated carbocycles. The van der Waals surface area contributed by atoms with E-state index in [1.165, 1.54) is 0 Å². The van der Waals surface area contributed by atoms with Gasteiger partial charge < -0.3 is 15.0 Å². The molecule has 2 N–H and O–H groups in total. The third kappa shape index (κ3) is 2.09. The van der Waals surface area contributed by atoms with Gasteiger partial charge in [-0.3, -0.25) is 9.59 Å². The summed E-state index contributed by atoms with van der Waals surface area (Å²) in [5, 5.41) is 13.6. The highest BCUT2D eigenvalue weighted by Crippen LogP contribution is 2.31. The van der Waals surface area contributed by atoms with Crippen molar-refractivity contribution >= 4 is 16.8 Å². The first-order chi connectivity index (χ1) is 10.1. The van der Waals surface area contributed by atoms with Crippen LogP contribution in [0.3, 0.4) is 0 Å². The van der Waals surface area contributed by atoms with Crippen molar-refractivity contribution in [2.45, 2.75) is 32.7 Å². The fraction of sp³-hybridized carbons (Fsp3) is 0.375. The van der Waals surface area contributed by atoms with Gasteiger partial charge in [-0.1, -0.05) is 25.5 Å². The monoisotopic (exact) mass is 286 g/mol. The van der Waals surface area contributed by atoms with Crippen LogP contribution in [-0.4, -0.2) is 22.1 Å². The molecule has 1 aromatic carbocycles. The molecular formula is C16H18N2O3. The second-order valence-electron chi connectivity index (χ2n) is 5.35. The first-order valence-electron chi connectivity index (χ1n) is 7.30. The van der Waals surface area contributed by atoms with E-state index in [4.69, 9.17) is 0 Å². The number of aromatic nitrogens is 1. The molecule has 5 heteroatoms. The molecule has 110 valence electrons. The smallest absolute Gasteiger partial charge is 0.267 e. The largest absolute Gasteiger partial charge is 0.506 e. The Morgan fingerprint density at radius 2 is 2.24 bits per heavy atom. The number of unbranched alkanes of at least 4 members (excludes halogenated alkanes) is 1. The molecule has 0 saturated heterocycles. The highest BCUT2D eigenvalue weighted by molar-refractivity contribution is 6.03. The van der Waals surface area contributed by atoms with Gasteiger partial charge in [0.2, 0.25) is 0 Å². The molecule has 0 atom stereocenters. The van der Waals surface area contributed by atoms with Gasteiger partial charge in [-0.25, -0.2) is 0 Å². The van der Waals surface area contributed by atoms with E-state index >= 15 is 0 Å². The highest BCUT2D eigenvalue weighted by Gasteiger charge is 2.25. The summed E-state index contributed by atoms with van der Waals surface area (Å²) in [6.07, 6.45) is 2.56. The van der Waals surface area contributed by atoms with Gasteiger partial charge in [-0.15, -0.1) is 0 Å². The molecule has 0 radical (unpaired) electrons. The fourth-order valence-corrected chi connectivity index (χ4v) is 2.89. The van der Waals surface area contributed by atoms with Gasteiger partial charge >= 0.3 is 0 Å². The van der Waals surface area contributed by atoms with Gasteiger partial charge in [0, 0.05) is 18.5 Å². The Hall–Kier alpha value is -2.30. The molecule has 0 spiro atoms. The summed E-state index contributed by atoms with van der Waals surface area (Å²) in [7, 11) is 0. The number of nitrogens with zero attached hydrogens (tertiary/aromatic N) is 1. The van der Waals surface area contributed by atoms with Crippen molar-refractivity contribution in [2.24, 2.45) is 0 Å². The number of aromatic hydroxyl groups is 1. The average Bonchev–Trinajstić information content (AvgIpc) is 2.90. The van der Waals surface area contributed by atoms with Crippen molar-refractivity contribution in [3.05, 3.63) is 39.7 Å². The predicted octanol–water partition coefficient (Wildman–Crippen LogP) is 1.79. The van der Waals surface area contributed by atoms with Crippen LogP contribution < -0.4 is 10.9 Å². The molecule has 21 heavy (non-hydrogen) atoms. The zero-order chi connectivity index (χ0) is 15.0. The minimum absolute atomic E-state index is 0.141. The van der Waals surface area contributed by atoms with Crippen molar-refractivity contribution < 1.29 is 9.90 Å². The van der Waals surface area contributed by atoms with Crippen LogP contribution in [0.1, 0.15) is 35.7 Å². The Morgan fingerprint density at radius 3 is 3.00 bits per heavy atom. The van der Waals surface area contributed by atoms with Crippen LogP contribution in [0.15, 0.2) is 23.0 Å². The van der Waals surface area contributed by atoms with Crippen LogP contribution in [0.4, 0.5) is 0 Å². The number of carbonyl (C=O) groups excluding carboxylic acids is 1. The SMILES string of the molecule is CCCCNC(=O)c1c(O)c2cccc3c2n(c1=O)CC3. The Labute approximate surface area is 122 Å². The zero-order valence-electron chi connectivity index (χ0n) is 12.0. The van der Waals surface area contributed by atoms with Crippen LogP contribution >= 0.6 is 0 Å². The molecule has 2 aromatic rings. The highest BCUT2D eigenvalue weighted by atomic mass is 16.3. The second kappa shape index (κ2) is 5.24. The number of aryl methyl sites for hydroxylation is 2. The summed E-state index contributed by atoms with van der Waals surface area (Å²) in [6.45, 7) is 3.09. The normalized spacial score (nSPS) is 12.8. The average molecular weight is 286 g/mol. The van der Waals surface area contributed by atoms with Gasteiger partial charge in [0.1, 0.15) is 11.3 Å². The molecule has 1 amide bonds. The summed E-state index contributed by atoms with van der Waals surface area (Å²) < 4.78 is 1.60. The number of carbonyl (C=O) groups is 1. The number of pyridine rings is 1. The van der Waals surface area contributed by atoms with Crippen LogP contribution in [0.5, 0.6) is 5.75 Å². The van der Waals surface area contributed by atoms with Crippen molar-refractivity contribution in [1.82, 2.24) is 9.88 Å². The minimum atomic E-state index is -0.492. The van der Waals surface area contributed by atoms with Crippen molar-refractivity contribution in [3.63, 3.8) is 0 Å². The Bertz CT molecular complexity index is 777. The number of hydrogen-bond donors (Lipinski definition) is 2. The Kier molecular flexibility index (Phi) is 3.41. The predicted molar refractivity (Wildman–Crippen MR) is 80.8 cm³/mol. The zero-order valence-corrected chi connectivity index (χ0v) is 12.0. The number of amides is 1. The fourth-order valence-electron chi connectivity index (χ4n) is 2.89. The minimum Gasteiger partial charge on any atom is -0.506 e. The van der Waals surface area contributed by atoms with Gasteiger partial charge in [0.25, 0.3) is 11.5 Å². The maximum absolute atomic E-state index is 12.5. The van der Waals surface area contributed by atoms with E-state index in [0.717, 1.165) is 30.3 Å². The number of nitrogens with one attached hydrogen (secondary N) is 1. The van der Waals surface area contributed by atoms with Gasteiger partial charge in [-0.2, -0.15) is 0 Å². The molecular weight excluding hydrogens is 268 g/mol. The summed E-state index contributed by atoms with van der Waals surface area (Å²) in [5.41, 5.74) is 1.25.